The molecule has 2 heterocycles. The lowest BCUT2D eigenvalue weighted by Gasteiger charge is -2.25. The summed E-state index contributed by atoms with van der Waals surface area (Å²) in [7, 11) is 1.62. The summed E-state index contributed by atoms with van der Waals surface area (Å²) in [6.45, 7) is 4.09. The summed E-state index contributed by atoms with van der Waals surface area (Å²) in [6, 6.07) is 10.6. The van der Waals surface area contributed by atoms with Crippen molar-refractivity contribution in [2.24, 2.45) is 0 Å². The van der Waals surface area contributed by atoms with E-state index in [1.165, 1.54) is 16.8 Å². The molecule has 0 aliphatic carbocycles. The van der Waals surface area contributed by atoms with Gasteiger partial charge in [-0.2, -0.15) is 5.10 Å². The predicted molar refractivity (Wildman–Crippen MR) is 105 cm³/mol. The van der Waals surface area contributed by atoms with E-state index in [0.29, 0.717) is 19.6 Å². The first-order valence-electron chi connectivity index (χ1n) is 9.72. The highest BCUT2D eigenvalue weighted by Gasteiger charge is 2.25. The molecule has 28 heavy (non-hydrogen) atoms. The van der Waals surface area contributed by atoms with Crippen molar-refractivity contribution in [1.82, 2.24) is 14.7 Å². The average molecular weight is 385 g/mol. The van der Waals surface area contributed by atoms with E-state index >= 15 is 0 Å². The van der Waals surface area contributed by atoms with Crippen LogP contribution in [0.1, 0.15) is 42.2 Å². The zero-order valence-corrected chi connectivity index (χ0v) is 16.5. The van der Waals surface area contributed by atoms with Crippen LogP contribution in [0, 0.1) is 0 Å². The van der Waals surface area contributed by atoms with Gasteiger partial charge in [-0.3, -0.25) is 9.59 Å². The van der Waals surface area contributed by atoms with E-state index in [4.69, 9.17) is 9.47 Å². The van der Waals surface area contributed by atoms with Crippen LogP contribution < -0.4 is 10.3 Å². The Bertz CT molecular complexity index is 859. The van der Waals surface area contributed by atoms with Crippen molar-refractivity contribution in [1.29, 1.82) is 0 Å². The largest absolute Gasteiger partial charge is 0.497 e. The van der Waals surface area contributed by atoms with E-state index in [2.05, 4.69) is 5.10 Å². The fourth-order valence-corrected chi connectivity index (χ4v) is 3.34. The quantitative estimate of drug-likeness (QED) is 0.698. The van der Waals surface area contributed by atoms with Crippen LogP contribution in [0.3, 0.4) is 0 Å². The van der Waals surface area contributed by atoms with Crippen molar-refractivity contribution in [3.05, 3.63) is 58.0 Å². The Balaban J connectivity index is 1.85. The van der Waals surface area contributed by atoms with Gasteiger partial charge in [0.05, 0.1) is 13.2 Å². The third-order valence-electron chi connectivity index (χ3n) is 4.76. The highest BCUT2D eigenvalue weighted by Crippen LogP contribution is 2.19. The standard InChI is InChI=1S/C21H27N3O4/c1-3-11-24-20(25)10-9-19(22-24)21(26)23(15-18-8-5-12-28-18)14-16-6-4-7-17(13-16)27-2/h4,6-7,9-10,13,18H,3,5,8,11-12,14-15H2,1-2H3. The van der Waals surface area contributed by atoms with Crippen molar-refractivity contribution in [3.63, 3.8) is 0 Å². The Morgan fingerprint density at radius 3 is 2.93 bits per heavy atom. The second kappa shape index (κ2) is 9.50. The number of carbonyl (C=O) groups is 1. The highest BCUT2D eigenvalue weighted by molar-refractivity contribution is 5.92. The summed E-state index contributed by atoms with van der Waals surface area (Å²) in [4.78, 5) is 26.9. The van der Waals surface area contributed by atoms with Crippen molar-refractivity contribution in [3.8, 4) is 5.75 Å². The van der Waals surface area contributed by atoms with Gasteiger partial charge in [0.25, 0.3) is 11.5 Å². The lowest BCUT2D eigenvalue weighted by Crippen LogP contribution is -2.38. The van der Waals surface area contributed by atoms with Crippen molar-refractivity contribution >= 4 is 5.91 Å². The lowest BCUT2D eigenvalue weighted by molar-refractivity contribution is 0.0500. The molecular weight excluding hydrogens is 358 g/mol. The van der Waals surface area contributed by atoms with Crippen LogP contribution in [0.4, 0.5) is 0 Å². The van der Waals surface area contributed by atoms with Gasteiger partial charge in [0.15, 0.2) is 0 Å². The highest BCUT2D eigenvalue weighted by atomic mass is 16.5. The molecule has 1 aliphatic heterocycles. The molecule has 150 valence electrons. The Labute approximate surface area is 164 Å². The average Bonchev–Trinajstić information content (AvgIpc) is 3.22. The van der Waals surface area contributed by atoms with Crippen molar-refractivity contribution in [2.45, 2.75) is 45.4 Å². The third kappa shape index (κ3) is 4.98. The molecule has 0 saturated carbocycles. The van der Waals surface area contributed by atoms with Gasteiger partial charge < -0.3 is 14.4 Å². The Morgan fingerprint density at radius 2 is 2.21 bits per heavy atom. The SMILES string of the molecule is CCCn1nc(C(=O)N(Cc2cccc(OC)c2)CC2CCCO2)ccc1=O. The minimum absolute atomic E-state index is 0.0242. The number of aromatic nitrogens is 2. The number of amides is 1. The molecule has 1 aromatic carbocycles. The second-order valence-electron chi connectivity index (χ2n) is 6.95. The van der Waals surface area contributed by atoms with Gasteiger partial charge in [0.1, 0.15) is 11.4 Å². The number of aryl methyl sites for hydroxylation is 1. The topological polar surface area (TPSA) is 73.7 Å². The first kappa shape index (κ1) is 20.1. The zero-order chi connectivity index (χ0) is 19.9. The Kier molecular flexibility index (Phi) is 6.81. The molecule has 1 unspecified atom stereocenters. The summed E-state index contributed by atoms with van der Waals surface area (Å²) in [5, 5.41) is 4.28. The van der Waals surface area contributed by atoms with Crippen LogP contribution in [0.15, 0.2) is 41.2 Å². The van der Waals surface area contributed by atoms with E-state index in [1.54, 1.807) is 12.0 Å². The third-order valence-corrected chi connectivity index (χ3v) is 4.76. The summed E-state index contributed by atoms with van der Waals surface area (Å²) >= 11 is 0. The van der Waals surface area contributed by atoms with E-state index in [-0.39, 0.29) is 23.3 Å². The van der Waals surface area contributed by atoms with Crippen LogP contribution in [0.25, 0.3) is 0 Å². The van der Waals surface area contributed by atoms with Gasteiger partial charge in [-0.05, 0) is 43.0 Å². The molecule has 7 heteroatoms. The minimum atomic E-state index is -0.205. The molecular formula is C21H27N3O4. The van der Waals surface area contributed by atoms with E-state index in [9.17, 15) is 9.59 Å². The van der Waals surface area contributed by atoms with Crippen LogP contribution in [-0.4, -0.2) is 47.0 Å². The first-order chi connectivity index (χ1) is 13.6. The fraction of sp³-hybridized carbons (Fsp3) is 0.476. The molecule has 0 radical (unpaired) electrons. The Morgan fingerprint density at radius 1 is 1.36 bits per heavy atom. The van der Waals surface area contributed by atoms with Gasteiger partial charge in [-0.25, -0.2) is 4.68 Å². The summed E-state index contributed by atoms with van der Waals surface area (Å²) < 4.78 is 12.4. The number of hydrogen-bond acceptors (Lipinski definition) is 5. The molecule has 0 spiro atoms. The van der Waals surface area contributed by atoms with E-state index in [0.717, 1.165) is 37.2 Å². The van der Waals surface area contributed by atoms with Gasteiger partial charge in [-0.15, -0.1) is 0 Å². The van der Waals surface area contributed by atoms with Gasteiger partial charge in [-0.1, -0.05) is 19.1 Å². The monoisotopic (exact) mass is 385 g/mol. The Hall–Kier alpha value is -2.67. The van der Waals surface area contributed by atoms with Crippen LogP contribution in [-0.2, 0) is 17.8 Å². The molecule has 1 fully saturated rings. The van der Waals surface area contributed by atoms with Crippen LogP contribution >= 0.6 is 0 Å². The van der Waals surface area contributed by atoms with Gasteiger partial charge >= 0.3 is 0 Å². The molecule has 7 nitrogen and oxygen atoms in total. The summed E-state index contributed by atoms with van der Waals surface area (Å²) in [5.41, 5.74) is 1.04. The number of hydrogen-bond donors (Lipinski definition) is 0. The smallest absolute Gasteiger partial charge is 0.274 e. The number of methoxy groups -OCH3 is 1. The molecule has 0 bridgehead atoms. The van der Waals surface area contributed by atoms with Gasteiger partial charge in [0.2, 0.25) is 0 Å². The second-order valence-corrected chi connectivity index (χ2v) is 6.95. The number of benzene rings is 1. The first-order valence-corrected chi connectivity index (χ1v) is 9.72. The molecule has 1 amide bonds. The van der Waals surface area contributed by atoms with Crippen LogP contribution in [0.5, 0.6) is 5.75 Å². The normalized spacial score (nSPS) is 16.1. The maximum absolute atomic E-state index is 13.2. The maximum atomic E-state index is 13.2. The van der Waals surface area contributed by atoms with Crippen LogP contribution in [0.2, 0.25) is 0 Å². The fourth-order valence-electron chi connectivity index (χ4n) is 3.34. The number of rotatable bonds is 8. The predicted octanol–water partition coefficient (Wildman–Crippen LogP) is 2.48. The molecule has 1 saturated heterocycles. The van der Waals surface area contributed by atoms with Gasteiger partial charge in [0, 0.05) is 32.3 Å². The number of carbonyl (C=O) groups excluding carboxylic acids is 1. The molecule has 0 N–H and O–H groups in total. The number of nitrogens with zero attached hydrogens (tertiary/aromatic N) is 3. The lowest BCUT2D eigenvalue weighted by atomic mass is 10.1. The van der Waals surface area contributed by atoms with Crippen molar-refractivity contribution < 1.29 is 14.3 Å². The minimum Gasteiger partial charge on any atom is -0.497 e. The number of ether oxygens (including phenoxy) is 2. The maximum Gasteiger partial charge on any atom is 0.274 e. The molecule has 1 atom stereocenters. The molecule has 2 aromatic rings. The van der Waals surface area contributed by atoms with E-state index < -0.39 is 0 Å². The summed E-state index contributed by atoms with van der Waals surface area (Å²) in [6.07, 6.45) is 2.74. The summed E-state index contributed by atoms with van der Waals surface area (Å²) in [5.74, 6) is 0.541. The molecule has 1 aromatic heterocycles. The molecule has 3 rings (SSSR count). The molecule has 1 aliphatic rings. The zero-order valence-electron chi connectivity index (χ0n) is 16.5. The van der Waals surface area contributed by atoms with E-state index in [1.807, 2.05) is 31.2 Å². The van der Waals surface area contributed by atoms with Crippen molar-refractivity contribution in [2.75, 3.05) is 20.3 Å².